The van der Waals surface area contributed by atoms with Crippen molar-refractivity contribution >= 4 is 55.0 Å². The fourth-order valence-electron chi connectivity index (χ4n) is 6.89. The van der Waals surface area contributed by atoms with Gasteiger partial charge in [-0.1, -0.05) is 54.5 Å². The quantitative estimate of drug-likeness (QED) is 0.285. The topological polar surface area (TPSA) is 156 Å². The molecule has 0 spiro atoms. The van der Waals surface area contributed by atoms with Crippen molar-refractivity contribution in [3.8, 4) is 10.9 Å². The summed E-state index contributed by atoms with van der Waals surface area (Å²) in [5.74, 6) is -1.17. The fourth-order valence-corrected chi connectivity index (χ4v) is 9.11. The maximum atomic E-state index is 14.5. The van der Waals surface area contributed by atoms with Crippen LogP contribution in [0.4, 0.5) is 5.69 Å². The zero-order chi connectivity index (χ0) is 35.1. The van der Waals surface area contributed by atoms with Crippen molar-refractivity contribution in [1.82, 2.24) is 19.9 Å². The number of ether oxygens (including phenoxy) is 2. The second-order valence-electron chi connectivity index (χ2n) is 14.1. The Hall–Kier alpha value is -4.17. The largest absolute Gasteiger partial charge is 0.497 e. The van der Waals surface area contributed by atoms with Gasteiger partial charge in [0.1, 0.15) is 29.5 Å². The fraction of sp³-hybridized carbons (Fsp3) is 0.500. The first-order valence-corrected chi connectivity index (χ1v) is 19.6. The van der Waals surface area contributed by atoms with Gasteiger partial charge in [0.25, 0.3) is 11.1 Å². The standard InChI is InChI=1S/C36H43N5O7S2/c1-35(17-18-35)50(45,46)40-33(44)36-21-23(36)11-7-4-3-5-10-14-28(37-24-12-8-6-9-13-24)32(43)41-22-26(19-29(41)31(42)39-36)48-34-38-27-16-15-25(47-2)20-30(27)49-34/h6-9,11-13,15-16,20,23,26,28-29,37H,3-5,10,14,17-19,21-22H2,1-2H3,(H,39,42)(H,40,44)/b11-7-/t23-,26+,28-,29-,36+/m0/s1. The average molecular weight is 722 g/mol. The van der Waals surface area contributed by atoms with Crippen LogP contribution in [0.25, 0.3) is 10.2 Å². The molecule has 2 aliphatic carbocycles. The van der Waals surface area contributed by atoms with Gasteiger partial charge in [-0.05, 0) is 75.8 Å². The molecule has 3 amide bonds. The minimum Gasteiger partial charge on any atom is -0.497 e. The zero-order valence-corrected chi connectivity index (χ0v) is 29.9. The summed E-state index contributed by atoms with van der Waals surface area (Å²) in [6.45, 7) is 1.75. The number of anilines is 1. The molecule has 3 aromatic rings. The van der Waals surface area contributed by atoms with Crippen molar-refractivity contribution in [1.29, 1.82) is 0 Å². The van der Waals surface area contributed by atoms with Crippen molar-refractivity contribution in [2.45, 2.75) is 93.2 Å². The minimum absolute atomic E-state index is 0.137. The number of aromatic nitrogens is 1. The number of benzene rings is 2. The first-order valence-electron chi connectivity index (χ1n) is 17.3. The molecule has 14 heteroatoms. The minimum atomic E-state index is -3.93. The molecule has 1 saturated heterocycles. The molecule has 5 atom stereocenters. The third-order valence-corrected chi connectivity index (χ3v) is 13.5. The second-order valence-corrected chi connectivity index (χ2v) is 17.3. The SMILES string of the molecule is COc1ccc2nc(O[C@@H]3C[C@H]4C(=O)N[C@]5(C(=O)NS(=O)(=O)C6(C)CC6)C[C@@H]5/C=C\CCCCC[C@H](Nc5ccccc5)C(=O)N4C3)sc2c1. The number of methoxy groups -OCH3 is 1. The predicted molar refractivity (Wildman–Crippen MR) is 190 cm³/mol. The highest BCUT2D eigenvalue weighted by Gasteiger charge is 2.63. The number of rotatable bonds is 8. The van der Waals surface area contributed by atoms with Gasteiger partial charge in [-0.25, -0.2) is 13.4 Å². The van der Waals surface area contributed by atoms with E-state index in [4.69, 9.17) is 9.47 Å². The lowest BCUT2D eigenvalue weighted by Crippen LogP contribution is -2.58. The Kier molecular flexibility index (Phi) is 9.27. The Morgan fingerprint density at radius 1 is 1.10 bits per heavy atom. The van der Waals surface area contributed by atoms with E-state index in [1.165, 1.54) is 11.3 Å². The maximum Gasteiger partial charge on any atom is 0.274 e. The van der Waals surface area contributed by atoms with Gasteiger partial charge in [-0.2, -0.15) is 0 Å². The molecule has 0 radical (unpaired) electrons. The van der Waals surface area contributed by atoms with E-state index in [1.54, 1.807) is 18.9 Å². The lowest BCUT2D eigenvalue weighted by atomic mass is 10.0. The molecule has 2 aromatic carbocycles. The molecule has 12 nitrogen and oxygen atoms in total. The number of thiazole rings is 1. The summed E-state index contributed by atoms with van der Waals surface area (Å²) in [5.41, 5.74) is 0.107. The smallest absolute Gasteiger partial charge is 0.274 e. The van der Waals surface area contributed by atoms with Crippen LogP contribution in [0.5, 0.6) is 10.9 Å². The van der Waals surface area contributed by atoms with E-state index in [9.17, 15) is 22.8 Å². The van der Waals surface area contributed by atoms with Crippen LogP contribution in [0, 0.1) is 5.92 Å². The van der Waals surface area contributed by atoms with E-state index in [2.05, 4.69) is 20.3 Å². The number of nitrogens with one attached hydrogen (secondary N) is 3. The molecule has 4 aliphatic rings. The summed E-state index contributed by atoms with van der Waals surface area (Å²) in [6.07, 6.45) is 8.68. The normalized spacial score (nSPS) is 28.6. The van der Waals surface area contributed by atoms with Gasteiger partial charge in [-0.3, -0.25) is 19.1 Å². The number of para-hydroxylation sites is 1. The Labute approximate surface area is 296 Å². The number of hydrogen-bond donors (Lipinski definition) is 3. The molecular formula is C36H43N5O7S2. The third-order valence-electron chi connectivity index (χ3n) is 10.4. The van der Waals surface area contributed by atoms with Crippen LogP contribution >= 0.6 is 11.3 Å². The molecule has 3 heterocycles. The van der Waals surface area contributed by atoms with Crippen LogP contribution in [0.3, 0.4) is 0 Å². The van der Waals surface area contributed by atoms with Gasteiger partial charge in [0.15, 0.2) is 0 Å². The van der Waals surface area contributed by atoms with E-state index in [1.807, 2.05) is 60.7 Å². The number of allylic oxidation sites excluding steroid dienone is 1. The molecule has 2 aliphatic heterocycles. The van der Waals surface area contributed by atoms with Crippen molar-refractivity contribution in [3.63, 3.8) is 0 Å². The summed E-state index contributed by atoms with van der Waals surface area (Å²) >= 11 is 1.35. The number of carbonyl (C=O) groups is 3. The number of carbonyl (C=O) groups excluding carboxylic acids is 3. The molecule has 2 saturated carbocycles. The summed E-state index contributed by atoms with van der Waals surface area (Å²) in [7, 11) is -2.34. The Morgan fingerprint density at radius 3 is 2.66 bits per heavy atom. The van der Waals surface area contributed by atoms with E-state index < -0.39 is 50.3 Å². The highest BCUT2D eigenvalue weighted by molar-refractivity contribution is 7.91. The highest BCUT2D eigenvalue weighted by Crippen LogP contribution is 2.47. The molecule has 7 rings (SSSR count). The molecule has 50 heavy (non-hydrogen) atoms. The summed E-state index contributed by atoms with van der Waals surface area (Å²) in [5, 5.41) is 6.76. The molecule has 1 aromatic heterocycles. The van der Waals surface area contributed by atoms with Crippen LogP contribution < -0.4 is 24.8 Å². The molecular weight excluding hydrogens is 679 g/mol. The van der Waals surface area contributed by atoms with Crippen LogP contribution in [-0.4, -0.2) is 78.2 Å². The first-order chi connectivity index (χ1) is 24.0. The Morgan fingerprint density at radius 2 is 1.90 bits per heavy atom. The third kappa shape index (κ3) is 6.91. The highest BCUT2D eigenvalue weighted by atomic mass is 32.2. The Bertz CT molecular complexity index is 1910. The van der Waals surface area contributed by atoms with E-state index in [0.29, 0.717) is 30.2 Å². The van der Waals surface area contributed by atoms with Crippen LogP contribution in [-0.2, 0) is 24.4 Å². The van der Waals surface area contributed by atoms with Crippen molar-refractivity contribution in [2.24, 2.45) is 5.92 Å². The molecule has 3 fully saturated rings. The molecule has 266 valence electrons. The number of amides is 3. The lowest BCUT2D eigenvalue weighted by molar-refractivity contribution is -0.140. The molecule has 0 bridgehead atoms. The van der Waals surface area contributed by atoms with Crippen LogP contribution in [0.2, 0.25) is 0 Å². The maximum absolute atomic E-state index is 14.5. The monoisotopic (exact) mass is 721 g/mol. The van der Waals surface area contributed by atoms with Crippen LogP contribution in [0.1, 0.15) is 64.7 Å². The lowest BCUT2D eigenvalue weighted by Gasteiger charge is -2.30. The summed E-state index contributed by atoms with van der Waals surface area (Å²) < 4.78 is 40.1. The van der Waals surface area contributed by atoms with E-state index in [-0.39, 0.29) is 31.2 Å². The van der Waals surface area contributed by atoms with Gasteiger partial charge < -0.3 is 25.0 Å². The molecule has 3 N–H and O–H groups in total. The van der Waals surface area contributed by atoms with E-state index >= 15 is 0 Å². The van der Waals surface area contributed by atoms with Crippen molar-refractivity contribution < 1.29 is 32.3 Å². The number of sulfonamides is 1. The second kappa shape index (κ2) is 13.5. The number of hydrogen-bond acceptors (Lipinski definition) is 10. The zero-order valence-electron chi connectivity index (χ0n) is 28.2. The average Bonchev–Trinajstić information content (AvgIpc) is 3.91. The van der Waals surface area contributed by atoms with Crippen molar-refractivity contribution in [2.75, 3.05) is 19.0 Å². The van der Waals surface area contributed by atoms with Gasteiger partial charge in [0, 0.05) is 18.0 Å². The molecule has 0 unspecified atom stereocenters. The summed E-state index contributed by atoms with van der Waals surface area (Å²) in [4.78, 5) is 48.7. The van der Waals surface area contributed by atoms with Gasteiger partial charge in [0.05, 0.1) is 28.6 Å². The van der Waals surface area contributed by atoms with Gasteiger partial charge >= 0.3 is 0 Å². The van der Waals surface area contributed by atoms with E-state index in [0.717, 1.165) is 41.6 Å². The van der Waals surface area contributed by atoms with Crippen molar-refractivity contribution in [3.05, 3.63) is 60.7 Å². The number of fused-ring (bicyclic) bond motifs is 3. The van der Waals surface area contributed by atoms with Crippen LogP contribution in [0.15, 0.2) is 60.7 Å². The predicted octanol–water partition coefficient (Wildman–Crippen LogP) is 4.53. The Balaban J connectivity index is 1.18. The van der Waals surface area contributed by atoms with Gasteiger partial charge in [0.2, 0.25) is 21.8 Å². The van der Waals surface area contributed by atoms with Gasteiger partial charge in [-0.15, -0.1) is 0 Å². The number of nitrogens with zero attached hydrogens (tertiary/aromatic N) is 2. The first kappa shape index (κ1) is 34.3. The summed E-state index contributed by atoms with van der Waals surface area (Å²) in [6, 6.07) is 13.5.